The van der Waals surface area contributed by atoms with Crippen LogP contribution in [0.3, 0.4) is 0 Å². The van der Waals surface area contributed by atoms with Gasteiger partial charge in [-0.1, -0.05) is 23.7 Å². The number of hydrogen-bond acceptors (Lipinski definition) is 4. The first-order chi connectivity index (χ1) is 12.8. The van der Waals surface area contributed by atoms with Crippen molar-refractivity contribution in [3.63, 3.8) is 0 Å². The second-order valence-corrected chi connectivity index (χ2v) is 5.89. The Kier molecular flexibility index (Phi) is 4.97. The number of carbonyl (C=O) groups excluding carboxylic acids is 1. The largest absolute Gasteiger partial charge is 0.497 e. The van der Waals surface area contributed by atoms with Gasteiger partial charge in [-0.05, 0) is 25.1 Å². The first-order valence-electron chi connectivity index (χ1n) is 7.85. The summed E-state index contributed by atoms with van der Waals surface area (Å²) in [7, 11) is 1.45. The smallest absolute Gasteiger partial charge is 0.433 e. The standard InChI is InChI=1S/C17H14ClF3N4O2/c1-3-22-16(26)14-13(18)15-23-11(9-5-4-6-10(7-9)27-2)8-12(17(19,20)21)25(15)24-14/h4-8H,3H2,1-2H3,(H,22,26). The van der Waals surface area contributed by atoms with E-state index in [1.165, 1.54) is 7.11 Å². The first-order valence-corrected chi connectivity index (χ1v) is 8.23. The van der Waals surface area contributed by atoms with Crippen molar-refractivity contribution in [3.05, 3.63) is 46.7 Å². The first kappa shape index (κ1) is 19.0. The number of fused-ring (bicyclic) bond motifs is 1. The highest BCUT2D eigenvalue weighted by molar-refractivity contribution is 6.36. The molecule has 3 aromatic rings. The Hall–Kier alpha value is -2.81. The van der Waals surface area contributed by atoms with Crippen LogP contribution in [0.25, 0.3) is 16.9 Å². The molecule has 3 rings (SSSR count). The van der Waals surface area contributed by atoms with Crippen LogP contribution in [0.15, 0.2) is 30.3 Å². The average Bonchev–Trinajstić information content (AvgIpc) is 2.97. The van der Waals surface area contributed by atoms with E-state index in [-0.39, 0.29) is 28.6 Å². The van der Waals surface area contributed by atoms with Crippen molar-refractivity contribution in [1.29, 1.82) is 0 Å². The topological polar surface area (TPSA) is 68.5 Å². The van der Waals surface area contributed by atoms with E-state index in [9.17, 15) is 18.0 Å². The molecule has 0 bridgehead atoms. The van der Waals surface area contributed by atoms with Gasteiger partial charge in [0.25, 0.3) is 5.91 Å². The molecule has 27 heavy (non-hydrogen) atoms. The number of ether oxygens (including phenoxy) is 1. The van der Waals surface area contributed by atoms with Crippen molar-refractivity contribution in [2.24, 2.45) is 0 Å². The van der Waals surface area contributed by atoms with Gasteiger partial charge < -0.3 is 10.1 Å². The van der Waals surface area contributed by atoms with Crippen LogP contribution in [-0.2, 0) is 6.18 Å². The molecule has 1 aromatic carbocycles. The predicted molar refractivity (Wildman–Crippen MR) is 93.0 cm³/mol. The van der Waals surface area contributed by atoms with Crippen molar-refractivity contribution < 1.29 is 22.7 Å². The van der Waals surface area contributed by atoms with Crippen LogP contribution in [0, 0.1) is 0 Å². The second kappa shape index (κ2) is 7.07. The van der Waals surface area contributed by atoms with E-state index < -0.39 is 17.8 Å². The summed E-state index contributed by atoms with van der Waals surface area (Å²) < 4.78 is 46.4. The maximum absolute atomic E-state index is 13.6. The van der Waals surface area contributed by atoms with E-state index in [1.54, 1.807) is 31.2 Å². The molecule has 0 unspecified atom stereocenters. The minimum atomic E-state index is -4.73. The Balaban J connectivity index is 2.28. The molecule has 0 radical (unpaired) electrons. The molecule has 0 aliphatic rings. The number of methoxy groups -OCH3 is 1. The quantitative estimate of drug-likeness (QED) is 0.725. The highest BCUT2D eigenvalue weighted by atomic mass is 35.5. The third kappa shape index (κ3) is 3.55. The van der Waals surface area contributed by atoms with Crippen LogP contribution in [0.2, 0.25) is 5.02 Å². The number of amides is 1. The molecule has 0 aliphatic carbocycles. The third-order valence-electron chi connectivity index (χ3n) is 3.74. The van der Waals surface area contributed by atoms with Crippen LogP contribution < -0.4 is 10.1 Å². The minimum Gasteiger partial charge on any atom is -0.497 e. The maximum atomic E-state index is 13.6. The molecule has 0 aliphatic heterocycles. The van der Waals surface area contributed by atoms with Crippen molar-refractivity contribution in [2.75, 3.05) is 13.7 Å². The lowest BCUT2D eigenvalue weighted by molar-refractivity contribution is -0.142. The molecule has 1 N–H and O–H groups in total. The molecular formula is C17H14ClF3N4O2. The Labute approximate surface area is 156 Å². The minimum absolute atomic E-state index is 0.0259. The van der Waals surface area contributed by atoms with E-state index in [1.807, 2.05) is 0 Å². The summed E-state index contributed by atoms with van der Waals surface area (Å²) in [5.74, 6) is -0.214. The fourth-order valence-corrected chi connectivity index (χ4v) is 2.76. The normalized spacial score (nSPS) is 11.6. The van der Waals surface area contributed by atoms with Crippen molar-refractivity contribution in [1.82, 2.24) is 19.9 Å². The Morgan fingerprint density at radius 1 is 1.33 bits per heavy atom. The number of rotatable bonds is 4. The van der Waals surface area contributed by atoms with Gasteiger partial charge in [0, 0.05) is 12.1 Å². The second-order valence-electron chi connectivity index (χ2n) is 5.51. The molecule has 10 heteroatoms. The van der Waals surface area contributed by atoms with Crippen LogP contribution in [0.4, 0.5) is 13.2 Å². The van der Waals surface area contributed by atoms with Gasteiger partial charge >= 0.3 is 6.18 Å². The highest BCUT2D eigenvalue weighted by Crippen LogP contribution is 2.35. The Bertz CT molecular complexity index is 1020. The summed E-state index contributed by atoms with van der Waals surface area (Å²) in [6.07, 6.45) is -4.73. The van der Waals surface area contributed by atoms with E-state index in [0.717, 1.165) is 6.07 Å². The van der Waals surface area contributed by atoms with Gasteiger partial charge in [-0.3, -0.25) is 4.79 Å². The molecular weight excluding hydrogens is 385 g/mol. The highest BCUT2D eigenvalue weighted by Gasteiger charge is 2.36. The molecule has 6 nitrogen and oxygen atoms in total. The summed E-state index contributed by atoms with van der Waals surface area (Å²) in [4.78, 5) is 16.2. The van der Waals surface area contributed by atoms with Gasteiger partial charge in [0.2, 0.25) is 0 Å². The molecule has 1 amide bonds. The average molecular weight is 399 g/mol. The molecule has 0 spiro atoms. The fraction of sp³-hybridized carbons (Fsp3) is 0.235. The number of carbonyl (C=O) groups is 1. The van der Waals surface area contributed by atoms with Crippen molar-refractivity contribution >= 4 is 23.2 Å². The fourth-order valence-electron chi connectivity index (χ4n) is 2.51. The van der Waals surface area contributed by atoms with Crippen molar-refractivity contribution in [2.45, 2.75) is 13.1 Å². The van der Waals surface area contributed by atoms with E-state index in [2.05, 4.69) is 15.4 Å². The number of nitrogens with zero attached hydrogens (tertiary/aromatic N) is 3. The third-order valence-corrected chi connectivity index (χ3v) is 4.09. The molecule has 2 aromatic heterocycles. The molecule has 142 valence electrons. The summed E-state index contributed by atoms with van der Waals surface area (Å²) in [5, 5.41) is 5.94. The van der Waals surface area contributed by atoms with Crippen LogP contribution in [0.1, 0.15) is 23.1 Å². The van der Waals surface area contributed by atoms with Gasteiger partial charge in [-0.2, -0.15) is 18.3 Å². The van der Waals surface area contributed by atoms with Gasteiger partial charge in [-0.25, -0.2) is 9.50 Å². The predicted octanol–water partition coefficient (Wildman–Crippen LogP) is 3.83. The van der Waals surface area contributed by atoms with Crippen LogP contribution in [0.5, 0.6) is 5.75 Å². The van der Waals surface area contributed by atoms with Crippen molar-refractivity contribution in [3.8, 4) is 17.0 Å². The molecule has 0 atom stereocenters. The number of aromatic nitrogens is 3. The number of benzene rings is 1. The van der Waals surface area contributed by atoms with E-state index >= 15 is 0 Å². The summed E-state index contributed by atoms with van der Waals surface area (Å²) >= 11 is 6.13. The monoisotopic (exact) mass is 398 g/mol. The number of nitrogens with one attached hydrogen (secondary N) is 1. The van der Waals surface area contributed by atoms with Gasteiger partial charge in [0.15, 0.2) is 17.0 Å². The van der Waals surface area contributed by atoms with Gasteiger partial charge in [0.1, 0.15) is 10.8 Å². The van der Waals surface area contributed by atoms with Crippen LogP contribution in [-0.4, -0.2) is 34.2 Å². The van der Waals surface area contributed by atoms with Crippen LogP contribution >= 0.6 is 11.6 Å². The summed E-state index contributed by atoms with van der Waals surface area (Å²) in [6, 6.07) is 7.29. The van der Waals surface area contributed by atoms with Gasteiger partial charge in [-0.15, -0.1) is 0 Å². The summed E-state index contributed by atoms with van der Waals surface area (Å²) in [6.45, 7) is 1.94. The molecule has 0 saturated heterocycles. The molecule has 0 saturated carbocycles. The summed E-state index contributed by atoms with van der Waals surface area (Å²) in [5.41, 5.74) is -1.25. The van der Waals surface area contributed by atoms with E-state index in [0.29, 0.717) is 15.8 Å². The zero-order valence-electron chi connectivity index (χ0n) is 14.3. The molecule has 0 fully saturated rings. The van der Waals surface area contributed by atoms with Gasteiger partial charge in [0.05, 0.1) is 12.8 Å². The molecule has 2 heterocycles. The number of halogens is 4. The SMILES string of the molecule is CCNC(=O)c1nn2c(C(F)(F)F)cc(-c3cccc(OC)c3)nc2c1Cl. The number of alkyl halides is 3. The lowest BCUT2D eigenvalue weighted by Crippen LogP contribution is -2.23. The Morgan fingerprint density at radius 2 is 2.07 bits per heavy atom. The lowest BCUT2D eigenvalue weighted by atomic mass is 10.1. The van der Waals surface area contributed by atoms with E-state index in [4.69, 9.17) is 16.3 Å². The Morgan fingerprint density at radius 3 is 2.70 bits per heavy atom. The zero-order chi connectivity index (χ0) is 19.8. The lowest BCUT2D eigenvalue weighted by Gasteiger charge is -2.11. The maximum Gasteiger partial charge on any atom is 0.433 e. The zero-order valence-corrected chi connectivity index (χ0v) is 15.0. The number of hydrogen-bond donors (Lipinski definition) is 1.